The van der Waals surface area contributed by atoms with Gasteiger partial charge >= 0.3 is 0 Å². The monoisotopic (exact) mass is 283 g/mol. The van der Waals surface area contributed by atoms with Crippen molar-refractivity contribution in [2.24, 2.45) is 7.05 Å². The lowest BCUT2D eigenvalue weighted by Crippen LogP contribution is -2.27. The van der Waals surface area contributed by atoms with Gasteiger partial charge in [-0.2, -0.15) is 14.5 Å². The molecule has 0 atom stereocenters. The average molecular weight is 283 g/mol. The van der Waals surface area contributed by atoms with Gasteiger partial charge in [0.1, 0.15) is 4.90 Å². The van der Waals surface area contributed by atoms with Crippen molar-refractivity contribution in [2.75, 3.05) is 7.05 Å². The summed E-state index contributed by atoms with van der Waals surface area (Å²) in [5.41, 5.74) is 1.87. The summed E-state index contributed by atoms with van der Waals surface area (Å²) in [4.78, 5) is 0.249. The Morgan fingerprint density at radius 2 is 2.11 bits per heavy atom. The van der Waals surface area contributed by atoms with Gasteiger partial charge in [-0.1, -0.05) is 0 Å². The number of H-pyrrole nitrogens is 1. The molecule has 0 aromatic carbocycles. The van der Waals surface area contributed by atoms with Crippen molar-refractivity contribution in [3.63, 3.8) is 0 Å². The van der Waals surface area contributed by atoms with Crippen molar-refractivity contribution in [1.82, 2.24) is 24.3 Å². The van der Waals surface area contributed by atoms with Crippen molar-refractivity contribution < 1.29 is 8.42 Å². The molecule has 2 aromatic rings. The second-order valence-corrected chi connectivity index (χ2v) is 6.53. The normalized spacial score (nSPS) is 12.3. The van der Waals surface area contributed by atoms with E-state index in [1.807, 2.05) is 0 Å². The maximum atomic E-state index is 12.5. The quantitative estimate of drug-likeness (QED) is 0.889. The van der Waals surface area contributed by atoms with Crippen LogP contribution in [0.25, 0.3) is 0 Å². The van der Waals surface area contributed by atoms with E-state index in [2.05, 4.69) is 15.3 Å². The number of nitrogens with zero attached hydrogens (tertiary/aromatic N) is 4. The number of aromatic amines is 1. The largest absolute Gasteiger partial charge is 0.281 e. The predicted octanol–water partition coefficient (Wildman–Crippen LogP) is 0.581. The van der Waals surface area contributed by atoms with Crippen LogP contribution in [0.15, 0.2) is 17.3 Å². The molecule has 2 aromatic heterocycles. The molecule has 19 heavy (non-hydrogen) atoms. The van der Waals surface area contributed by atoms with Gasteiger partial charge in [-0.25, -0.2) is 8.42 Å². The van der Waals surface area contributed by atoms with Crippen LogP contribution in [0, 0.1) is 13.8 Å². The highest BCUT2D eigenvalue weighted by atomic mass is 32.2. The SMILES string of the molecule is Cc1n[nH]c(C)c1S(=O)(=O)N(C)Cc1cnn(C)c1. The highest BCUT2D eigenvalue weighted by Crippen LogP contribution is 2.21. The van der Waals surface area contributed by atoms with Crippen molar-refractivity contribution in [3.05, 3.63) is 29.3 Å². The number of rotatable bonds is 4. The van der Waals surface area contributed by atoms with E-state index in [0.29, 0.717) is 11.4 Å². The van der Waals surface area contributed by atoms with Crippen molar-refractivity contribution >= 4 is 10.0 Å². The zero-order valence-corrected chi connectivity index (χ0v) is 12.2. The Bertz CT molecular complexity index is 666. The summed E-state index contributed by atoms with van der Waals surface area (Å²) in [5.74, 6) is 0. The molecule has 104 valence electrons. The molecule has 0 spiro atoms. The summed E-state index contributed by atoms with van der Waals surface area (Å²) in [6.45, 7) is 3.65. The Hall–Kier alpha value is -1.67. The van der Waals surface area contributed by atoms with Gasteiger partial charge in [0.25, 0.3) is 0 Å². The number of nitrogens with one attached hydrogen (secondary N) is 1. The number of aryl methyl sites for hydroxylation is 3. The van der Waals surface area contributed by atoms with Gasteiger partial charge in [-0.3, -0.25) is 9.78 Å². The maximum absolute atomic E-state index is 12.5. The lowest BCUT2D eigenvalue weighted by molar-refractivity contribution is 0.465. The third-order valence-electron chi connectivity index (χ3n) is 2.89. The molecule has 2 rings (SSSR count). The summed E-state index contributed by atoms with van der Waals surface area (Å²) in [6.07, 6.45) is 3.45. The van der Waals surface area contributed by atoms with Crippen LogP contribution in [0.4, 0.5) is 0 Å². The number of aromatic nitrogens is 4. The zero-order chi connectivity index (χ0) is 14.2. The number of hydrogen-bond donors (Lipinski definition) is 1. The van der Waals surface area contributed by atoms with E-state index in [1.165, 1.54) is 4.31 Å². The van der Waals surface area contributed by atoms with Crippen LogP contribution in [-0.2, 0) is 23.6 Å². The Labute approximate surface area is 112 Å². The molecule has 7 nitrogen and oxygen atoms in total. The fourth-order valence-corrected chi connectivity index (χ4v) is 3.45. The van der Waals surface area contributed by atoms with Crippen LogP contribution in [0.5, 0.6) is 0 Å². The fraction of sp³-hybridized carbons (Fsp3) is 0.455. The Balaban J connectivity index is 2.30. The van der Waals surface area contributed by atoms with Gasteiger partial charge in [-0.05, 0) is 13.8 Å². The van der Waals surface area contributed by atoms with Crippen molar-refractivity contribution in [3.8, 4) is 0 Å². The standard InChI is InChI=1S/C11H17N5O2S/c1-8-11(9(2)14-13-8)19(17,18)16(4)7-10-5-12-15(3)6-10/h5-6H,7H2,1-4H3,(H,13,14). The van der Waals surface area contributed by atoms with Crippen molar-refractivity contribution in [2.45, 2.75) is 25.3 Å². The van der Waals surface area contributed by atoms with Gasteiger partial charge in [0, 0.05) is 32.4 Å². The fourth-order valence-electron chi connectivity index (χ4n) is 1.97. The number of sulfonamides is 1. The Morgan fingerprint density at radius 1 is 1.42 bits per heavy atom. The Morgan fingerprint density at radius 3 is 2.58 bits per heavy atom. The van der Waals surface area contributed by atoms with E-state index in [9.17, 15) is 8.42 Å². The van der Waals surface area contributed by atoms with Crippen LogP contribution < -0.4 is 0 Å². The second-order valence-electron chi connectivity index (χ2n) is 4.55. The highest BCUT2D eigenvalue weighted by molar-refractivity contribution is 7.89. The summed E-state index contributed by atoms with van der Waals surface area (Å²) < 4.78 is 27.9. The zero-order valence-electron chi connectivity index (χ0n) is 11.4. The minimum atomic E-state index is -3.54. The van der Waals surface area contributed by atoms with E-state index < -0.39 is 10.0 Å². The molecule has 0 radical (unpaired) electrons. The van der Waals surface area contributed by atoms with Gasteiger partial charge in [0.05, 0.1) is 17.6 Å². The van der Waals surface area contributed by atoms with E-state index in [1.54, 1.807) is 45.0 Å². The topological polar surface area (TPSA) is 83.9 Å². The molecular weight excluding hydrogens is 266 g/mol. The summed E-state index contributed by atoms with van der Waals surface area (Å²) in [6, 6.07) is 0. The first-order valence-corrected chi connectivity index (χ1v) is 7.22. The summed E-state index contributed by atoms with van der Waals surface area (Å²) in [7, 11) is -0.200. The predicted molar refractivity (Wildman–Crippen MR) is 69.9 cm³/mol. The summed E-state index contributed by atoms with van der Waals surface area (Å²) >= 11 is 0. The van der Waals surface area contributed by atoms with Gasteiger partial charge in [0.15, 0.2) is 0 Å². The minimum absolute atomic E-state index is 0.249. The van der Waals surface area contributed by atoms with Crippen LogP contribution in [-0.4, -0.2) is 39.7 Å². The lowest BCUT2D eigenvalue weighted by atomic mass is 10.4. The van der Waals surface area contributed by atoms with Crippen LogP contribution in [0.1, 0.15) is 17.0 Å². The first kappa shape index (κ1) is 13.8. The van der Waals surface area contributed by atoms with E-state index in [4.69, 9.17) is 0 Å². The van der Waals surface area contributed by atoms with Crippen LogP contribution in [0.2, 0.25) is 0 Å². The second kappa shape index (κ2) is 4.78. The average Bonchev–Trinajstić information content (AvgIpc) is 2.85. The molecule has 0 fully saturated rings. The van der Waals surface area contributed by atoms with Gasteiger partial charge in [0.2, 0.25) is 10.0 Å². The molecule has 0 aliphatic carbocycles. The molecule has 1 N–H and O–H groups in total. The molecule has 2 heterocycles. The summed E-state index contributed by atoms with van der Waals surface area (Å²) in [5, 5.41) is 10.6. The van der Waals surface area contributed by atoms with E-state index in [-0.39, 0.29) is 11.4 Å². The molecule has 0 saturated heterocycles. The van der Waals surface area contributed by atoms with E-state index in [0.717, 1.165) is 5.56 Å². The van der Waals surface area contributed by atoms with Crippen molar-refractivity contribution in [1.29, 1.82) is 0 Å². The molecular formula is C11H17N5O2S. The van der Waals surface area contributed by atoms with Crippen LogP contribution in [0.3, 0.4) is 0 Å². The number of hydrogen-bond acceptors (Lipinski definition) is 4. The smallest absolute Gasteiger partial charge is 0.246 e. The van der Waals surface area contributed by atoms with Gasteiger partial charge in [-0.15, -0.1) is 0 Å². The molecule has 8 heteroatoms. The lowest BCUT2D eigenvalue weighted by Gasteiger charge is -2.16. The Kier molecular flexibility index (Phi) is 3.46. The maximum Gasteiger partial charge on any atom is 0.246 e. The van der Waals surface area contributed by atoms with E-state index >= 15 is 0 Å². The molecule has 0 saturated carbocycles. The molecule has 0 aliphatic heterocycles. The first-order chi connectivity index (χ1) is 8.82. The van der Waals surface area contributed by atoms with Crippen LogP contribution >= 0.6 is 0 Å². The third-order valence-corrected chi connectivity index (χ3v) is 4.96. The molecule has 0 unspecified atom stereocenters. The first-order valence-electron chi connectivity index (χ1n) is 5.78. The van der Waals surface area contributed by atoms with Gasteiger partial charge < -0.3 is 0 Å². The molecule has 0 aliphatic rings. The minimum Gasteiger partial charge on any atom is -0.281 e. The third kappa shape index (κ3) is 2.54. The molecule has 0 bridgehead atoms. The highest BCUT2D eigenvalue weighted by Gasteiger charge is 2.27. The molecule has 0 amide bonds.